The summed E-state index contributed by atoms with van der Waals surface area (Å²) in [5.41, 5.74) is 2.01. The Hall–Kier alpha value is -3.08. The number of anilines is 1. The number of ether oxygens (including phenoxy) is 1. The summed E-state index contributed by atoms with van der Waals surface area (Å²) in [7, 11) is 1.29. The van der Waals surface area contributed by atoms with Crippen molar-refractivity contribution in [2.24, 2.45) is 0 Å². The Morgan fingerprint density at radius 2 is 1.60 bits per heavy atom. The van der Waals surface area contributed by atoms with Crippen LogP contribution in [0.3, 0.4) is 0 Å². The van der Waals surface area contributed by atoms with Crippen molar-refractivity contribution in [3.63, 3.8) is 0 Å². The zero-order chi connectivity index (χ0) is 21.4. The summed E-state index contributed by atoms with van der Waals surface area (Å²) in [5.74, 6) is -0.946. The molecule has 0 bridgehead atoms. The third kappa shape index (κ3) is 3.28. The first kappa shape index (κ1) is 20.2. The van der Waals surface area contributed by atoms with Gasteiger partial charge in [-0.2, -0.15) is 0 Å². The number of hydrogen-bond donors (Lipinski definition) is 0. The lowest BCUT2D eigenvalue weighted by Gasteiger charge is -2.20. The lowest BCUT2D eigenvalue weighted by atomic mass is 10.0. The molecule has 0 aliphatic carbocycles. The summed E-state index contributed by atoms with van der Waals surface area (Å²) >= 11 is 12.6. The fraction of sp³-hybridized carbons (Fsp3) is 0.0833. The van der Waals surface area contributed by atoms with E-state index in [2.05, 4.69) is 0 Å². The Balaban J connectivity index is 1.95. The van der Waals surface area contributed by atoms with E-state index in [0.29, 0.717) is 27.0 Å². The van der Waals surface area contributed by atoms with Gasteiger partial charge >= 0.3 is 5.97 Å². The number of rotatable bonds is 3. The Morgan fingerprint density at radius 3 is 2.30 bits per heavy atom. The number of allylic oxidation sites excluding steroid dienone is 1. The molecule has 0 spiro atoms. The van der Waals surface area contributed by atoms with Crippen LogP contribution >= 0.6 is 23.2 Å². The van der Waals surface area contributed by atoms with Crippen molar-refractivity contribution in [3.8, 4) is 0 Å². The van der Waals surface area contributed by atoms with Crippen LogP contribution in [0.25, 0.3) is 16.8 Å². The van der Waals surface area contributed by atoms with Gasteiger partial charge in [-0.15, -0.1) is 0 Å². The SMILES string of the molecule is COC(=O)C1=C(C)N(c2cccc3ccccc23)C(=O)C1=Cc1c(Cl)cccc1Cl. The van der Waals surface area contributed by atoms with Crippen LogP contribution in [0.15, 0.2) is 77.5 Å². The molecule has 150 valence electrons. The average molecular weight is 438 g/mol. The van der Waals surface area contributed by atoms with E-state index in [1.54, 1.807) is 31.2 Å². The van der Waals surface area contributed by atoms with E-state index >= 15 is 0 Å². The van der Waals surface area contributed by atoms with Crippen molar-refractivity contribution >= 4 is 57.6 Å². The van der Waals surface area contributed by atoms with E-state index in [9.17, 15) is 9.59 Å². The molecule has 1 aliphatic heterocycles. The lowest BCUT2D eigenvalue weighted by molar-refractivity contribution is -0.136. The van der Waals surface area contributed by atoms with E-state index in [4.69, 9.17) is 27.9 Å². The first-order valence-electron chi connectivity index (χ1n) is 9.21. The molecule has 30 heavy (non-hydrogen) atoms. The first-order chi connectivity index (χ1) is 14.4. The number of amides is 1. The molecule has 0 N–H and O–H groups in total. The highest BCUT2D eigenvalue weighted by Gasteiger charge is 2.38. The number of methoxy groups -OCH3 is 1. The smallest absolute Gasteiger partial charge is 0.340 e. The molecule has 6 heteroatoms. The first-order valence-corrected chi connectivity index (χ1v) is 9.97. The van der Waals surface area contributed by atoms with Gasteiger partial charge in [-0.3, -0.25) is 9.69 Å². The molecule has 0 atom stereocenters. The topological polar surface area (TPSA) is 46.6 Å². The maximum absolute atomic E-state index is 13.5. The van der Waals surface area contributed by atoms with Crippen LogP contribution in [0.4, 0.5) is 5.69 Å². The molecule has 0 fully saturated rings. The molecule has 0 radical (unpaired) electrons. The highest BCUT2D eigenvalue weighted by molar-refractivity contribution is 6.37. The third-order valence-electron chi connectivity index (χ3n) is 5.09. The quantitative estimate of drug-likeness (QED) is 0.371. The third-order valence-corrected chi connectivity index (χ3v) is 5.74. The molecule has 0 aromatic heterocycles. The van der Waals surface area contributed by atoms with Gasteiger partial charge in [0, 0.05) is 26.7 Å². The zero-order valence-corrected chi connectivity index (χ0v) is 17.8. The fourth-order valence-electron chi connectivity index (χ4n) is 3.67. The van der Waals surface area contributed by atoms with Gasteiger partial charge in [-0.25, -0.2) is 4.79 Å². The minimum atomic E-state index is -0.599. The van der Waals surface area contributed by atoms with Crippen molar-refractivity contribution in [2.75, 3.05) is 12.0 Å². The summed E-state index contributed by atoms with van der Waals surface area (Å²) in [6.45, 7) is 1.72. The summed E-state index contributed by atoms with van der Waals surface area (Å²) < 4.78 is 4.97. The number of halogens is 2. The number of hydrogen-bond acceptors (Lipinski definition) is 3. The highest BCUT2D eigenvalue weighted by atomic mass is 35.5. The minimum Gasteiger partial charge on any atom is -0.465 e. The van der Waals surface area contributed by atoms with Gasteiger partial charge in [0.05, 0.1) is 23.9 Å². The van der Waals surface area contributed by atoms with Crippen molar-refractivity contribution in [1.82, 2.24) is 0 Å². The van der Waals surface area contributed by atoms with Crippen LogP contribution in [-0.4, -0.2) is 19.0 Å². The average Bonchev–Trinajstić information content (AvgIpc) is 2.99. The number of carbonyl (C=O) groups is 2. The van der Waals surface area contributed by atoms with Crippen LogP contribution in [0.1, 0.15) is 12.5 Å². The Kier molecular flexibility index (Phi) is 5.37. The molecular formula is C24H17Cl2NO3. The van der Waals surface area contributed by atoms with Crippen molar-refractivity contribution in [2.45, 2.75) is 6.92 Å². The highest BCUT2D eigenvalue weighted by Crippen LogP contribution is 2.39. The van der Waals surface area contributed by atoms with Gasteiger partial charge in [0.1, 0.15) is 0 Å². The predicted molar refractivity (Wildman–Crippen MR) is 121 cm³/mol. The van der Waals surface area contributed by atoms with Gasteiger partial charge in [-0.05, 0) is 36.6 Å². The van der Waals surface area contributed by atoms with Gasteiger partial charge in [-0.1, -0.05) is 65.7 Å². The normalized spacial score (nSPS) is 15.4. The molecule has 0 saturated heterocycles. The van der Waals surface area contributed by atoms with Gasteiger partial charge in [0.2, 0.25) is 0 Å². The molecule has 1 amide bonds. The van der Waals surface area contributed by atoms with E-state index in [1.807, 2.05) is 42.5 Å². The number of esters is 1. The predicted octanol–water partition coefficient (Wildman–Crippen LogP) is 6.02. The molecule has 4 nitrogen and oxygen atoms in total. The molecular weight excluding hydrogens is 421 g/mol. The molecule has 0 saturated carbocycles. The summed E-state index contributed by atoms with van der Waals surface area (Å²) in [5, 5.41) is 2.65. The van der Waals surface area contributed by atoms with E-state index in [1.165, 1.54) is 12.0 Å². The second-order valence-electron chi connectivity index (χ2n) is 6.78. The number of fused-ring (bicyclic) bond motifs is 1. The molecule has 4 rings (SSSR count). The van der Waals surface area contributed by atoms with Crippen molar-refractivity contribution in [1.29, 1.82) is 0 Å². The monoisotopic (exact) mass is 437 g/mol. The standard InChI is InChI=1S/C24H17Cl2NO3/c1-14-22(24(29)30-2)18(13-17-19(25)10-6-11-20(17)26)23(28)27(14)21-12-5-8-15-7-3-4-9-16(15)21/h3-13H,1-2H3. The van der Waals surface area contributed by atoms with Crippen LogP contribution in [0.5, 0.6) is 0 Å². The van der Waals surface area contributed by atoms with Crippen LogP contribution in [0.2, 0.25) is 10.0 Å². The number of carbonyl (C=O) groups excluding carboxylic acids is 2. The van der Waals surface area contributed by atoms with Crippen LogP contribution in [-0.2, 0) is 14.3 Å². The zero-order valence-electron chi connectivity index (χ0n) is 16.3. The molecule has 0 unspecified atom stereocenters. The maximum atomic E-state index is 13.5. The number of benzene rings is 3. The summed E-state index contributed by atoms with van der Waals surface area (Å²) in [6.07, 6.45) is 1.55. The van der Waals surface area contributed by atoms with E-state index in [0.717, 1.165) is 10.8 Å². The second-order valence-corrected chi connectivity index (χ2v) is 7.60. The van der Waals surface area contributed by atoms with Gasteiger partial charge in [0.25, 0.3) is 5.91 Å². The Morgan fingerprint density at radius 1 is 0.967 bits per heavy atom. The largest absolute Gasteiger partial charge is 0.465 e. The second kappa shape index (κ2) is 7.98. The van der Waals surface area contributed by atoms with Crippen molar-refractivity contribution in [3.05, 3.63) is 93.1 Å². The van der Waals surface area contributed by atoms with Crippen LogP contribution in [0, 0.1) is 0 Å². The molecule has 3 aromatic rings. The summed E-state index contributed by atoms with van der Waals surface area (Å²) in [6, 6.07) is 18.5. The Bertz CT molecular complexity index is 1230. The fourth-order valence-corrected chi connectivity index (χ4v) is 4.17. The van der Waals surface area contributed by atoms with E-state index in [-0.39, 0.29) is 17.1 Å². The molecule has 1 heterocycles. The van der Waals surface area contributed by atoms with Crippen LogP contribution < -0.4 is 4.90 Å². The maximum Gasteiger partial charge on any atom is 0.340 e. The van der Waals surface area contributed by atoms with E-state index < -0.39 is 5.97 Å². The van der Waals surface area contributed by atoms with Gasteiger partial charge in [0.15, 0.2) is 0 Å². The number of nitrogens with zero attached hydrogens (tertiary/aromatic N) is 1. The minimum absolute atomic E-state index is 0.183. The lowest BCUT2D eigenvalue weighted by Crippen LogP contribution is -2.24. The van der Waals surface area contributed by atoms with Crippen molar-refractivity contribution < 1.29 is 14.3 Å². The molecule has 3 aromatic carbocycles. The Labute approximate surface area is 184 Å². The van der Waals surface area contributed by atoms with Gasteiger partial charge < -0.3 is 4.74 Å². The summed E-state index contributed by atoms with van der Waals surface area (Å²) in [4.78, 5) is 27.7. The molecule has 1 aliphatic rings.